The number of benzene rings is 2. The van der Waals surface area contributed by atoms with Crippen molar-refractivity contribution in [3.8, 4) is 0 Å². The van der Waals surface area contributed by atoms with Crippen LogP contribution in [0.1, 0.15) is 47.6 Å². The van der Waals surface area contributed by atoms with E-state index in [1.54, 1.807) is 4.90 Å². The molecule has 1 saturated heterocycles. The lowest BCUT2D eigenvalue weighted by molar-refractivity contribution is -0.140. The zero-order valence-corrected chi connectivity index (χ0v) is 16.4. The lowest BCUT2D eigenvalue weighted by Crippen LogP contribution is -2.37. The number of hydrogen-bond acceptors (Lipinski definition) is 2. The highest BCUT2D eigenvalue weighted by Gasteiger charge is 2.36. The van der Waals surface area contributed by atoms with Gasteiger partial charge in [-0.2, -0.15) is 26.3 Å². The minimum absolute atomic E-state index is 0.0405. The third-order valence-corrected chi connectivity index (χ3v) is 5.60. The van der Waals surface area contributed by atoms with Crippen LogP contribution in [0.15, 0.2) is 48.5 Å². The van der Waals surface area contributed by atoms with Crippen LogP contribution in [0.4, 0.5) is 26.3 Å². The molecule has 0 aromatic heterocycles. The first-order chi connectivity index (χ1) is 14.4. The number of piperidine rings is 1. The topological polar surface area (TPSA) is 40.5 Å². The molecule has 0 unspecified atom stereocenters. The summed E-state index contributed by atoms with van der Waals surface area (Å²) in [6.07, 6.45) is -8.29. The molecule has 2 aromatic rings. The van der Waals surface area contributed by atoms with Crippen LogP contribution in [-0.4, -0.2) is 22.5 Å². The maximum Gasteiger partial charge on any atom is 0.416 e. The van der Waals surface area contributed by atoms with E-state index in [0.29, 0.717) is 24.9 Å². The van der Waals surface area contributed by atoms with Gasteiger partial charge in [-0.15, -0.1) is 0 Å². The summed E-state index contributed by atoms with van der Waals surface area (Å²) in [6, 6.07) is 9.24. The molecule has 0 saturated carbocycles. The molecule has 3 nitrogen and oxygen atoms in total. The largest absolute Gasteiger partial charge is 0.481 e. The van der Waals surface area contributed by atoms with Gasteiger partial charge in [-0.3, -0.25) is 9.69 Å². The van der Waals surface area contributed by atoms with Gasteiger partial charge in [0.05, 0.1) is 11.1 Å². The summed E-state index contributed by atoms with van der Waals surface area (Å²) in [5.41, 5.74) is -0.979. The molecule has 1 aliphatic rings. The molecule has 9 heteroatoms. The highest BCUT2D eigenvalue weighted by atomic mass is 19.4. The fourth-order valence-electron chi connectivity index (χ4n) is 4.10. The van der Waals surface area contributed by atoms with Gasteiger partial charge in [0.2, 0.25) is 0 Å². The maximum absolute atomic E-state index is 13.4. The molecular formula is C22H21F6NO2. The fraction of sp³-hybridized carbons (Fsp3) is 0.409. The van der Waals surface area contributed by atoms with E-state index in [9.17, 15) is 31.1 Å². The first-order valence-electron chi connectivity index (χ1n) is 9.73. The van der Waals surface area contributed by atoms with E-state index in [0.717, 1.165) is 18.2 Å². The van der Waals surface area contributed by atoms with Crippen LogP contribution in [0.25, 0.3) is 0 Å². The Kier molecular flexibility index (Phi) is 6.64. The quantitative estimate of drug-likeness (QED) is 0.561. The summed E-state index contributed by atoms with van der Waals surface area (Å²) in [4.78, 5) is 12.9. The van der Waals surface area contributed by atoms with E-state index in [1.165, 1.54) is 30.3 Å². The van der Waals surface area contributed by atoms with Crippen molar-refractivity contribution in [1.82, 2.24) is 4.90 Å². The Morgan fingerprint density at radius 2 is 1.61 bits per heavy atom. The van der Waals surface area contributed by atoms with Crippen LogP contribution in [-0.2, 0) is 23.7 Å². The van der Waals surface area contributed by atoms with Crippen molar-refractivity contribution in [3.63, 3.8) is 0 Å². The normalized spacial score (nSPS) is 20.6. The molecule has 1 N–H and O–H groups in total. The predicted octanol–water partition coefficient (Wildman–Crippen LogP) is 6.15. The summed E-state index contributed by atoms with van der Waals surface area (Å²) in [7, 11) is 0. The van der Waals surface area contributed by atoms with Gasteiger partial charge < -0.3 is 5.11 Å². The minimum atomic E-state index is -4.53. The summed E-state index contributed by atoms with van der Waals surface area (Å²) in [5, 5.41) is 9.11. The van der Waals surface area contributed by atoms with Gasteiger partial charge in [-0.25, -0.2) is 0 Å². The van der Waals surface area contributed by atoms with E-state index in [4.69, 9.17) is 5.11 Å². The summed E-state index contributed by atoms with van der Waals surface area (Å²) >= 11 is 0. The molecule has 1 fully saturated rings. The molecule has 2 aromatic carbocycles. The molecule has 0 bridgehead atoms. The van der Waals surface area contributed by atoms with Crippen molar-refractivity contribution in [2.24, 2.45) is 5.92 Å². The average Bonchev–Trinajstić information content (AvgIpc) is 2.68. The standard InChI is InChI=1S/C22H21F6NO2/c23-21(24,25)17-7-5-15(6-8-17)19-11-14(12-20(30)31)9-10-29(19)13-16-3-1-2-4-18(16)22(26,27)28/h1-8,14,19H,9-13H2,(H,30,31)/t14-,19+/m1/s1. The van der Waals surface area contributed by atoms with Crippen molar-refractivity contribution in [1.29, 1.82) is 0 Å². The number of alkyl halides is 6. The molecule has 168 valence electrons. The van der Waals surface area contributed by atoms with Crippen molar-refractivity contribution in [2.45, 2.75) is 44.2 Å². The second-order valence-electron chi connectivity index (χ2n) is 7.75. The van der Waals surface area contributed by atoms with Crippen molar-refractivity contribution < 1.29 is 36.2 Å². The van der Waals surface area contributed by atoms with Gasteiger partial charge in [0, 0.05) is 19.0 Å². The zero-order chi connectivity index (χ0) is 22.8. The fourth-order valence-corrected chi connectivity index (χ4v) is 4.10. The molecule has 0 aliphatic carbocycles. The summed E-state index contributed by atoms with van der Waals surface area (Å²) in [5.74, 6) is -1.19. The maximum atomic E-state index is 13.4. The molecule has 31 heavy (non-hydrogen) atoms. The molecule has 1 aliphatic heterocycles. The number of nitrogens with zero attached hydrogens (tertiary/aromatic N) is 1. The van der Waals surface area contributed by atoms with Gasteiger partial charge in [-0.05, 0) is 54.6 Å². The number of carbonyl (C=O) groups is 1. The Hall–Kier alpha value is -2.55. The minimum Gasteiger partial charge on any atom is -0.481 e. The van der Waals surface area contributed by atoms with Gasteiger partial charge >= 0.3 is 18.3 Å². The van der Waals surface area contributed by atoms with E-state index >= 15 is 0 Å². The van der Waals surface area contributed by atoms with Crippen molar-refractivity contribution in [3.05, 3.63) is 70.8 Å². The lowest BCUT2D eigenvalue weighted by atomic mass is 9.84. The number of rotatable bonds is 5. The summed E-state index contributed by atoms with van der Waals surface area (Å²) < 4.78 is 78.9. The van der Waals surface area contributed by atoms with Gasteiger partial charge in [0.1, 0.15) is 0 Å². The second kappa shape index (κ2) is 8.90. The summed E-state index contributed by atoms with van der Waals surface area (Å²) in [6.45, 7) is 0.303. The number of hydrogen-bond donors (Lipinski definition) is 1. The molecule has 0 spiro atoms. The molecule has 0 radical (unpaired) electrons. The predicted molar refractivity (Wildman–Crippen MR) is 101 cm³/mol. The first kappa shape index (κ1) is 23.1. The number of carboxylic acids is 1. The van der Waals surface area contributed by atoms with Crippen LogP contribution < -0.4 is 0 Å². The monoisotopic (exact) mass is 445 g/mol. The Bertz CT molecular complexity index is 907. The average molecular weight is 445 g/mol. The Morgan fingerprint density at radius 1 is 0.968 bits per heavy atom. The third kappa shape index (κ3) is 5.78. The Balaban J connectivity index is 1.90. The van der Waals surface area contributed by atoms with Crippen molar-refractivity contribution in [2.75, 3.05) is 6.54 Å². The van der Waals surface area contributed by atoms with Crippen LogP contribution in [0.5, 0.6) is 0 Å². The van der Waals surface area contributed by atoms with E-state index < -0.39 is 35.5 Å². The van der Waals surface area contributed by atoms with Crippen LogP contribution in [0.2, 0.25) is 0 Å². The number of carboxylic acid groups (broad SMARTS) is 1. The van der Waals surface area contributed by atoms with Crippen molar-refractivity contribution >= 4 is 5.97 Å². The van der Waals surface area contributed by atoms with Gasteiger partial charge in [-0.1, -0.05) is 30.3 Å². The smallest absolute Gasteiger partial charge is 0.416 e. The van der Waals surface area contributed by atoms with Gasteiger partial charge in [0.25, 0.3) is 0 Å². The van der Waals surface area contributed by atoms with E-state index in [2.05, 4.69) is 0 Å². The number of aliphatic carboxylic acids is 1. The number of halogens is 6. The van der Waals surface area contributed by atoms with Gasteiger partial charge in [0.15, 0.2) is 0 Å². The Morgan fingerprint density at radius 3 is 2.19 bits per heavy atom. The highest BCUT2D eigenvalue weighted by molar-refractivity contribution is 5.67. The lowest BCUT2D eigenvalue weighted by Gasteiger charge is -2.40. The van der Waals surface area contributed by atoms with E-state index in [1.807, 2.05) is 0 Å². The zero-order valence-electron chi connectivity index (χ0n) is 16.4. The SMILES string of the molecule is O=C(O)C[C@@H]1CCN(Cc2ccccc2C(F)(F)F)[C@H](c2ccc(C(F)(F)F)cc2)C1. The molecule has 0 amide bonds. The first-order valence-corrected chi connectivity index (χ1v) is 9.73. The molecular weight excluding hydrogens is 424 g/mol. The van der Waals surface area contributed by atoms with E-state index in [-0.39, 0.29) is 24.4 Å². The van der Waals surface area contributed by atoms with Crippen LogP contribution in [0, 0.1) is 5.92 Å². The molecule has 2 atom stereocenters. The number of likely N-dealkylation sites (tertiary alicyclic amines) is 1. The third-order valence-electron chi connectivity index (χ3n) is 5.60. The van der Waals surface area contributed by atoms with Crippen LogP contribution >= 0.6 is 0 Å². The molecule has 3 rings (SSSR count). The molecule has 1 heterocycles. The Labute approximate surface area is 175 Å². The highest BCUT2D eigenvalue weighted by Crippen LogP contribution is 2.39. The van der Waals surface area contributed by atoms with Crippen LogP contribution in [0.3, 0.4) is 0 Å². The second-order valence-corrected chi connectivity index (χ2v) is 7.75.